The number of benzene rings is 1. The Morgan fingerprint density at radius 1 is 1.38 bits per heavy atom. The number of halogens is 2. The maximum absolute atomic E-state index is 12.9. The molecule has 1 fully saturated rings. The van der Waals surface area contributed by atoms with Crippen molar-refractivity contribution in [2.45, 2.75) is 4.90 Å². The molecule has 29 heavy (non-hydrogen) atoms. The Kier molecular flexibility index (Phi) is 5.87. The average molecular weight is 545 g/mol. The van der Waals surface area contributed by atoms with Gasteiger partial charge < -0.3 is 0 Å². The molecule has 0 spiro atoms. The summed E-state index contributed by atoms with van der Waals surface area (Å²) in [6, 6.07) is 4.99. The van der Waals surface area contributed by atoms with Gasteiger partial charge in [0.2, 0.25) is 0 Å². The van der Waals surface area contributed by atoms with Crippen LogP contribution in [0.3, 0.4) is 0 Å². The van der Waals surface area contributed by atoms with Crippen LogP contribution in [0.5, 0.6) is 0 Å². The first-order valence-corrected chi connectivity index (χ1v) is 12.9. The van der Waals surface area contributed by atoms with Crippen LogP contribution in [-0.2, 0) is 19.5 Å². The molecule has 0 amide bonds. The van der Waals surface area contributed by atoms with E-state index in [1.54, 1.807) is 22.3 Å². The van der Waals surface area contributed by atoms with Gasteiger partial charge in [-0.2, -0.15) is 0 Å². The van der Waals surface area contributed by atoms with Gasteiger partial charge in [0.25, 0.3) is 0 Å². The molecule has 10 heteroatoms. The van der Waals surface area contributed by atoms with Crippen molar-refractivity contribution in [1.82, 2.24) is 9.71 Å². The maximum atomic E-state index is 12.9. The summed E-state index contributed by atoms with van der Waals surface area (Å²) >= 11 is 5.37. The van der Waals surface area contributed by atoms with Crippen molar-refractivity contribution in [2.24, 2.45) is 10.9 Å². The third kappa shape index (κ3) is 4.45. The molecule has 1 aromatic carbocycles. The number of aromatic amines is 1. The van der Waals surface area contributed by atoms with Crippen molar-refractivity contribution < 1.29 is 39.1 Å². The van der Waals surface area contributed by atoms with Gasteiger partial charge >= 0.3 is 184 Å². The second-order valence-corrected chi connectivity index (χ2v) is 10.3. The summed E-state index contributed by atoms with van der Waals surface area (Å²) in [5.41, 5.74) is 1.31. The van der Waals surface area contributed by atoms with Gasteiger partial charge in [-0.05, 0) is 0 Å². The van der Waals surface area contributed by atoms with E-state index in [9.17, 15) is 8.42 Å². The van der Waals surface area contributed by atoms with Crippen LogP contribution in [0.4, 0.5) is 0 Å². The minimum atomic E-state index is -3.86. The Balaban J connectivity index is 1.59. The summed E-state index contributed by atoms with van der Waals surface area (Å²) in [6.45, 7) is 1.27. The summed E-state index contributed by atoms with van der Waals surface area (Å²) in [6.07, 6.45) is 1.44. The second-order valence-electron chi connectivity index (χ2n) is 6.22. The molecule has 0 radical (unpaired) electrons. The second kappa shape index (κ2) is 8.39. The third-order valence-corrected chi connectivity index (χ3v) is 7.73. The topological polar surface area (TPSA) is 92.8 Å². The molecule has 0 bridgehead atoms. The number of aliphatic imine (C=N–C) groups is 1. The van der Waals surface area contributed by atoms with Gasteiger partial charge in [0.05, 0.1) is 0 Å². The molecular weight excluding hydrogens is 529 g/mol. The normalized spacial score (nSPS) is 17.5. The van der Waals surface area contributed by atoms with Gasteiger partial charge in [-0.1, -0.05) is 0 Å². The van der Waals surface area contributed by atoms with Crippen LogP contribution in [0, 0.1) is 17.8 Å². The van der Waals surface area contributed by atoms with Crippen molar-refractivity contribution in [1.29, 1.82) is 0 Å². The number of methoxy groups -OCH3 is 1. The van der Waals surface area contributed by atoms with E-state index in [1.165, 1.54) is 13.3 Å². The number of H-pyrrole nitrogens is 1. The third-order valence-electron chi connectivity index (χ3n) is 4.17. The SMILES string of the molecule is COC1=NC(NS(=O)(=O)c2c[nH]c3cc(Cl)ccc23)=C[I-]C=C1C#CC1COC1. The summed E-state index contributed by atoms with van der Waals surface area (Å²) in [7, 11) is -2.37. The van der Waals surface area contributed by atoms with Crippen molar-refractivity contribution >= 4 is 38.4 Å². The van der Waals surface area contributed by atoms with Crippen LogP contribution in [0.2, 0.25) is 5.02 Å². The van der Waals surface area contributed by atoms with Gasteiger partial charge in [-0.3, -0.25) is 0 Å². The number of aromatic nitrogens is 1. The fourth-order valence-corrected chi connectivity index (χ4v) is 5.81. The first-order chi connectivity index (χ1) is 14.0. The van der Waals surface area contributed by atoms with Gasteiger partial charge in [0, 0.05) is 0 Å². The molecule has 2 aliphatic heterocycles. The molecule has 2 aromatic rings. The predicted octanol–water partition coefficient (Wildman–Crippen LogP) is -0.420. The fourth-order valence-electron chi connectivity index (χ4n) is 2.66. The first kappa shape index (κ1) is 20.3. The molecule has 0 unspecified atom stereocenters. The first-order valence-electron chi connectivity index (χ1n) is 8.50. The predicted molar refractivity (Wildman–Crippen MR) is 106 cm³/mol. The van der Waals surface area contributed by atoms with Crippen molar-refractivity contribution in [3.8, 4) is 11.8 Å². The standard InChI is InChI=1S/C19H16ClIN3O4S/c1-27-19-13(3-2-12-10-28-11-12)7-21-8-18(23-19)24-29(25,26)17-9-22-16-6-14(20)4-5-15(16)17/h4-9,12,22,24H,10-11H2,1H3/q-1. The summed E-state index contributed by atoms with van der Waals surface area (Å²) in [5, 5.41) is 1.07. The van der Waals surface area contributed by atoms with E-state index in [2.05, 4.69) is 26.5 Å². The van der Waals surface area contributed by atoms with Crippen LogP contribution < -0.4 is 25.9 Å². The number of hydrogen-bond donors (Lipinski definition) is 2. The van der Waals surface area contributed by atoms with Crippen LogP contribution >= 0.6 is 11.6 Å². The molecule has 2 aliphatic rings. The van der Waals surface area contributed by atoms with Gasteiger partial charge in [0.1, 0.15) is 0 Å². The number of fused-ring (bicyclic) bond motifs is 1. The fraction of sp³-hybridized carbons (Fsp3) is 0.211. The average Bonchev–Trinajstić information content (AvgIpc) is 2.97. The van der Waals surface area contributed by atoms with Crippen molar-refractivity contribution in [3.05, 3.63) is 49.0 Å². The molecule has 0 saturated carbocycles. The molecular formula is C19H16ClIN3O4S-. The summed E-state index contributed by atoms with van der Waals surface area (Å²) in [5.74, 6) is 6.93. The number of ether oxygens (including phenoxy) is 2. The quantitative estimate of drug-likeness (QED) is 0.406. The number of nitrogens with one attached hydrogen (secondary N) is 2. The molecule has 4 rings (SSSR count). The van der Waals surface area contributed by atoms with E-state index in [1.807, 2.05) is 4.08 Å². The summed E-state index contributed by atoms with van der Waals surface area (Å²) < 4.78 is 42.7. The number of rotatable bonds is 3. The molecule has 1 saturated heterocycles. The molecule has 2 N–H and O–H groups in total. The zero-order valence-electron chi connectivity index (χ0n) is 15.2. The van der Waals surface area contributed by atoms with Crippen LogP contribution in [-0.4, -0.2) is 39.6 Å². The Hall–Kier alpha value is -2.00. The van der Waals surface area contributed by atoms with E-state index in [0.717, 1.165) is 0 Å². The van der Waals surface area contributed by atoms with E-state index in [0.29, 0.717) is 34.7 Å². The van der Waals surface area contributed by atoms with E-state index in [4.69, 9.17) is 21.1 Å². The van der Waals surface area contributed by atoms with Crippen LogP contribution in [0.15, 0.2) is 53.8 Å². The van der Waals surface area contributed by atoms with E-state index < -0.39 is 31.2 Å². The van der Waals surface area contributed by atoms with Crippen molar-refractivity contribution in [3.63, 3.8) is 0 Å². The van der Waals surface area contributed by atoms with Crippen molar-refractivity contribution in [2.75, 3.05) is 20.3 Å². The Labute approximate surface area is 183 Å². The minimum absolute atomic E-state index is 0.125. The Morgan fingerprint density at radius 2 is 2.21 bits per heavy atom. The molecule has 1 aromatic heterocycles. The van der Waals surface area contributed by atoms with Gasteiger partial charge in [-0.25, -0.2) is 0 Å². The van der Waals surface area contributed by atoms with Gasteiger partial charge in [0.15, 0.2) is 0 Å². The number of nitrogens with zero attached hydrogens (tertiary/aromatic N) is 1. The summed E-state index contributed by atoms with van der Waals surface area (Å²) in [4.78, 5) is 7.41. The Morgan fingerprint density at radius 3 is 2.93 bits per heavy atom. The van der Waals surface area contributed by atoms with Crippen LogP contribution in [0.1, 0.15) is 0 Å². The molecule has 0 aliphatic carbocycles. The molecule has 0 atom stereocenters. The van der Waals surface area contributed by atoms with E-state index >= 15 is 0 Å². The Bertz CT molecular complexity index is 1220. The van der Waals surface area contributed by atoms with E-state index in [-0.39, 0.29) is 22.5 Å². The van der Waals surface area contributed by atoms with Gasteiger partial charge in [-0.15, -0.1) is 0 Å². The van der Waals surface area contributed by atoms with Crippen LogP contribution in [0.25, 0.3) is 10.9 Å². The number of sulfonamides is 1. The molecule has 152 valence electrons. The monoisotopic (exact) mass is 544 g/mol. The molecule has 7 nitrogen and oxygen atoms in total. The zero-order chi connectivity index (χ0) is 20.4. The number of hydrogen-bond acceptors (Lipinski definition) is 5. The molecule has 3 heterocycles. The zero-order valence-corrected chi connectivity index (χ0v) is 18.9.